The van der Waals surface area contributed by atoms with Crippen molar-refractivity contribution >= 4 is 11.9 Å². The minimum Gasteiger partial charge on any atom is -0.481 e. The van der Waals surface area contributed by atoms with Crippen LogP contribution in [0.15, 0.2) is 30.4 Å². The van der Waals surface area contributed by atoms with E-state index in [9.17, 15) is 9.59 Å². The molecule has 108 valence electrons. The number of aryl methyl sites for hydroxylation is 1. The Labute approximate surface area is 119 Å². The second-order valence-corrected chi connectivity index (χ2v) is 4.36. The fourth-order valence-electron chi connectivity index (χ4n) is 1.97. The van der Waals surface area contributed by atoms with E-state index in [0.29, 0.717) is 12.2 Å². The van der Waals surface area contributed by atoms with Gasteiger partial charge in [-0.3, -0.25) is 4.79 Å². The van der Waals surface area contributed by atoms with Crippen molar-refractivity contribution in [3.8, 4) is 5.75 Å². The van der Waals surface area contributed by atoms with E-state index in [1.165, 1.54) is 17.7 Å². The molecule has 0 spiro atoms. The van der Waals surface area contributed by atoms with Gasteiger partial charge in [0, 0.05) is 12.5 Å². The Hall–Kier alpha value is -2.10. The van der Waals surface area contributed by atoms with Gasteiger partial charge in [-0.05, 0) is 36.5 Å². The third kappa shape index (κ3) is 4.88. The molecule has 0 aliphatic carbocycles. The molecule has 1 N–H and O–H groups in total. The lowest BCUT2D eigenvalue weighted by molar-refractivity contribution is -0.137. The summed E-state index contributed by atoms with van der Waals surface area (Å²) in [5, 5.41) is 8.49. The maximum absolute atomic E-state index is 11.7. The predicted molar refractivity (Wildman–Crippen MR) is 76.8 cm³/mol. The van der Waals surface area contributed by atoms with Gasteiger partial charge in [0.05, 0.1) is 0 Å². The monoisotopic (exact) mass is 276 g/mol. The van der Waals surface area contributed by atoms with Crippen molar-refractivity contribution in [2.75, 3.05) is 0 Å². The highest BCUT2D eigenvalue weighted by Crippen LogP contribution is 2.23. The molecule has 1 rings (SSSR count). The lowest BCUT2D eigenvalue weighted by Gasteiger charge is -2.11. The van der Waals surface area contributed by atoms with Crippen LogP contribution < -0.4 is 4.74 Å². The molecule has 0 radical (unpaired) electrons. The smallest absolute Gasteiger partial charge is 0.335 e. The molecular formula is C16H20O4. The van der Waals surface area contributed by atoms with Crippen LogP contribution in [0, 0.1) is 0 Å². The van der Waals surface area contributed by atoms with E-state index in [1.807, 2.05) is 19.1 Å². The molecule has 0 saturated heterocycles. The number of ether oxygens (including phenoxy) is 1. The number of carboxylic acid groups (broad SMARTS) is 1. The highest BCUT2D eigenvalue weighted by atomic mass is 16.5. The fraction of sp³-hybridized carbons (Fsp3) is 0.375. The molecule has 4 nitrogen and oxygen atoms in total. The largest absolute Gasteiger partial charge is 0.481 e. The van der Waals surface area contributed by atoms with Crippen LogP contribution in [-0.4, -0.2) is 17.0 Å². The first-order valence-electron chi connectivity index (χ1n) is 6.79. The van der Waals surface area contributed by atoms with Gasteiger partial charge in [0.1, 0.15) is 5.75 Å². The molecule has 0 heterocycles. The number of benzene rings is 1. The molecule has 20 heavy (non-hydrogen) atoms. The molecule has 0 aliphatic rings. The van der Waals surface area contributed by atoms with E-state index in [-0.39, 0.29) is 6.42 Å². The first-order valence-corrected chi connectivity index (χ1v) is 6.79. The number of esters is 1. The number of hydrogen-bond acceptors (Lipinski definition) is 3. The van der Waals surface area contributed by atoms with Crippen LogP contribution in [0.5, 0.6) is 5.75 Å². The van der Waals surface area contributed by atoms with Crippen LogP contribution in [0.3, 0.4) is 0 Å². The summed E-state index contributed by atoms with van der Waals surface area (Å²) in [6.07, 6.45) is 4.82. The van der Waals surface area contributed by atoms with Gasteiger partial charge in [0.15, 0.2) is 0 Å². The number of carboxylic acids is 1. The second-order valence-electron chi connectivity index (χ2n) is 4.36. The van der Waals surface area contributed by atoms with Crippen molar-refractivity contribution < 1.29 is 19.4 Å². The maximum atomic E-state index is 11.7. The quantitative estimate of drug-likeness (QED) is 0.472. The van der Waals surface area contributed by atoms with Crippen LogP contribution in [0.2, 0.25) is 0 Å². The summed E-state index contributed by atoms with van der Waals surface area (Å²) >= 11 is 0. The lowest BCUT2D eigenvalue weighted by atomic mass is 10.0. The highest BCUT2D eigenvalue weighted by molar-refractivity contribution is 5.84. The van der Waals surface area contributed by atoms with Gasteiger partial charge < -0.3 is 9.84 Å². The fourth-order valence-corrected chi connectivity index (χ4v) is 1.97. The van der Waals surface area contributed by atoms with Crippen molar-refractivity contribution in [1.82, 2.24) is 0 Å². The molecule has 0 bridgehead atoms. The van der Waals surface area contributed by atoms with Crippen molar-refractivity contribution in [3.05, 3.63) is 41.5 Å². The number of carbonyl (C=O) groups excluding carboxylic acids is 1. The number of carbonyl (C=O) groups is 2. The number of rotatable bonds is 7. The van der Waals surface area contributed by atoms with Crippen LogP contribution in [0.1, 0.15) is 37.8 Å². The Bertz CT molecular complexity index is 503. The SMILES string of the molecule is CCc1cccc(OC(=O)C=CCCC(=O)O)c1CC. The zero-order valence-corrected chi connectivity index (χ0v) is 11.9. The summed E-state index contributed by atoms with van der Waals surface area (Å²) in [7, 11) is 0. The Morgan fingerprint density at radius 1 is 1.25 bits per heavy atom. The van der Waals surface area contributed by atoms with Crippen LogP contribution >= 0.6 is 0 Å². The first-order chi connectivity index (χ1) is 9.58. The van der Waals surface area contributed by atoms with E-state index in [2.05, 4.69) is 6.92 Å². The molecular weight excluding hydrogens is 256 g/mol. The average Bonchev–Trinajstić information content (AvgIpc) is 2.43. The normalized spacial score (nSPS) is 10.7. The molecule has 1 aromatic rings. The Morgan fingerprint density at radius 3 is 2.60 bits per heavy atom. The van der Waals surface area contributed by atoms with Crippen LogP contribution in [0.25, 0.3) is 0 Å². The van der Waals surface area contributed by atoms with Crippen LogP contribution in [0.4, 0.5) is 0 Å². The van der Waals surface area contributed by atoms with Gasteiger partial charge in [0.25, 0.3) is 0 Å². The predicted octanol–water partition coefficient (Wildman–Crippen LogP) is 3.14. The van der Waals surface area contributed by atoms with E-state index >= 15 is 0 Å². The van der Waals surface area contributed by atoms with E-state index in [0.717, 1.165) is 18.4 Å². The standard InChI is InChI=1S/C16H20O4/c1-3-12-8-7-9-14(13(12)4-2)20-16(19)11-6-5-10-15(17)18/h6-9,11H,3-5,10H2,1-2H3,(H,17,18). The number of aliphatic carboxylic acids is 1. The molecule has 0 atom stereocenters. The van der Waals surface area contributed by atoms with Gasteiger partial charge in [0.2, 0.25) is 0 Å². The van der Waals surface area contributed by atoms with E-state index in [1.54, 1.807) is 6.07 Å². The molecule has 1 aromatic carbocycles. The summed E-state index contributed by atoms with van der Waals surface area (Å²) in [6.45, 7) is 4.08. The average molecular weight is 276 g/mol. The van der Waals surface area contributed by atoms with Crippen molar-refractivity contribution in [2.24, 2.45) is 0 Å². The summed E-state index contributed by atoms with van der Waals surface area (Å²) in [4.78, 5) is 22.0. The maximum Gasteiger partial charge on any atom is 0.335 e. The number of allylic oxidation sites excluding steroid dienone is 1. The molecule has 0 aromatic heterocycles. The first kappa shape index (κ1) is 16.0. The van der Waals surface area contributed by atoms with Crippen molar-refractivity contribution in [2.45, 2.75) is 39.5 Å². The Balaban J connectivity index is 2.68. The molecule has 4 heteroatoms. The summed E-state index contributed by atoms with van der Waals surface area (Å²) < 4.78 is 5.31. The Kier molecular flexibility index (Phi) is 6.50. The molecule has 0 aliphatic heterocycles. The zero-order valence-electron chi connectivity index (χ0n) is 11.9. The highest BCUT2D eigenvalue weighted by Gasteiger charge is 2.09. The summed E-state index contributed by atoms with van der Waals surface area (Å²) in [5.41, 5.74) is 2.22. The van der Waals surface area contributed by atoms with E-state index < -0.39 is 11.9 Å². The van der Waals surface area contributed by atoms with Gasteiger partial charge in [-0.2, -0.15) is 0 Å². The third-order valence-electron chi connectivity index (χ3n) is 2.95. The zero-order chi connectivity index (χ0) is 15.0. The van der Waals surface area contributed by atoms with Crippen LogP contribution in [-0.2, 0) is 22.4 Å². The Morgan fingerprint density at radius 2 is 2.00 bits per heavy atom. The number of hydrogen-bond donors (Lipinski definition) is 1. The van der Waals surface area contributed by atoms with Gasteiger partial charge >= 0.3 is 11.9 Å². The minimum atomic E-state index is -0.882. The second kappa shape index (κ2) is 8.15. The van der Waals surface area contributed by atoms with Crippen molar-refractivity contribution in [3.63, 3.8) is 0 Å². The van der Waals surface area contributed by atoms with Gasteiger partial charge in [-0.15, -0.1) is 0 Å². The molecule has 0 saturated carbocycles. The molecule has 0 unspecified atom stereocenters. The summed E-state index contributed by atoms with van der Waals surface area (Å²) in [6, 6.07) is 5.68. The van der Waals surface area contributed by atoms with Gasteiger partial charge in [-0.25, -0.2) is 4.79 Å². The molecule has 0 amide bonds. The third-order valence-corrected chi connectivity index (χ3v) is 2.95. The van der Waals surface area contributed by atoms with E-state index in [4.69, 9.17) is 9.84 Å². The topological polar surface area (TPSA) is 63.6 Å². The summed E-state index contributed by atoms with van der Waals surface area (Å²) in [5.74, 6) is -0.773. The molecule has 0 fully saturated rings. The van der Waals surface area contributed by atoms with Crippen molar-refractivity contribution in [1.29, 1.82) is 0 Å². The van der Waals surface area contributed by atoms with Gasteiger partial charge in [-0.1, -0.05) is 32.1 Å². The minimum absolute atomic E-state index is 0.00924. The lowest BCUT2D eigenvalue weighted by Crippen LogP contribution is -2.07.